The zero-order valence-electron chi connectivity index (χ0n) is 15.0. The molecule has 4 rings (SSSR count). The number of nitrogens with zero attached hydrogens (tertiary/aromatic N) is 3. The number of nitrogens with one attached hydrogen (secondary N) is 1. The van der Waals surface area contributed by atoms with Crippen LogP contribution in [0, 0.1) is 10.1 Å². The second-order valence-electron chi connectivity index (χ2n) is 6.41. The number of imidazole rings is 1. The number of non-ortho nitro benzene ring substituents is 1. The van der Waals surface area contributed by atoms with E-state index in [2.05, 4.69) is 9.97 Å². The van der Waals surface area contributed by atoms with Gasteiger partial charge in [-0.25, -0.2) is 4.98 Å². The summed E-state index contributed by atoms with van der Waals surface area (Å²) < 4.78 is 5.34. The van der Waals surface area contributed by atoms with Gasteiger partial charge in [0.2, 0.25) is 0 Å². The number of morpholine rings is 1. The molecular weight excluding hydrogens is 360 g/mol. The molecule has 0 atom stereocenters. The van der Waals surface area contributed by atoms with E-state index < -0.39 is 4.92 Å². The zero-order valence-corrected chi connectivity index (χ0v) is 15.0. The molecular formula is C20H18N4O4. The van der Waals surface area contributed by atoms with Crippen molar-refractivity contribution in [3.05, 3.63) is 70.0 Å². The first-order chi connectivity index (χ1) is 13.6. The number of hydrogen-bond donors (Lipinski definition) is 1. The summed E-state index contributed by atoms with van der Waals surface area (Å²) in [5.74, 6) is 0.316. The van der Waals surface area contributed by atoms with Crippen LogP contribution in [-0.4, -0.2) is 52.0 Å². The van der Waals surface area contributed by atoms with Gasteiger partial charge in [-0.1, -0.05) is 12.1 Å². The van der Waals surface area contributed by atoms with E-state index in [0.29, 0.717) is 43.3 Å². The summed E-state index contributed by atoms with van der Waals surface area (Å²) in [4.78, 5) is 33.1. The SMILES string of the molecule is O=C(C(=Cc1ccc([N+](=O)[O-])cc1)c1nc2ccccc2[nH]1)N1CCOCC1. The monoisotopic (exact) mass is 378 g/mol. The first-order valence-electron chi connectivity index (χ1n) is 8.90. The molecule has 1 amide bonds. The van der Waals surface area contributed by atoms with E-state index in [-0.39, 0.29) is 11.6 Å². The summed E-state index contributed by atoms with van der Waals surface area (Å²) in [6, 6.07) is 13.6. The van der Waals surface area contributed by atoms with E-state index >= 15 is 0 Å². The standard InChI is InChI=1S/C20H18N4O4/c25-20(23-9-11-28-12-10-23)16(13-14-5-7-15(8-6-14)24(26)27)19-21-17-3-1-2-4-18(17)22-19/h1-8,13H,9-12H2,(H,21,22). The zero-order chi connectivity index (χ0) is 19.5. The third-order valence-corrected chi connectivity index (χ3v) is 4.59. The predicted molar refractivity (Wildman–Crippen MR) is 104 cm³/mol. The van der Waals surface area contributed by atoms with E-state index in [1.807, 2.05) is 24.3 Å². The Balaban J connectivity index is 1.75. The maximum Gasteiger partial charge on any atom is 0.269 e. The summed E-state index contributed by atoms with van der Waals surface area (Å²) in [5.41, 5.74) is 2.69. The normalized spacial score (nSPS) is 15.0. The smallest absolute Gasteiger partial charge is 0.269 e. The molecule has 2 heterocycles. The Morgan fingerprint density at radius 3 is 2.54 bits per heavy atom. The van der Waals surface area contributed by atoms with Crippen LogP contribution in [-0.2, 0) is 9.53 Å². The Bertz CT molecular complexity index is 1020. The van der Waals surface area contributed by atoms with E-state index in [1.165, 1.54) is 12.1 Å². The molecule has 0 spiro atoms. The number of aromatic amines is 1. The molecule has 142 valence electrons. The Kier molecular flexibility index (Phi) is 4.86. The van der Waals surface area contributed by atoms with Crippen LogP contribution in [0.5, 0.6) is 0 Å². The molecule has 0 unspecified atom stereocenters. The van der Waals surface area contributed by atoms with Crippen molar-refractivity contribution in [3.63, 3.8) is 0 Å². The Labute approximate surface area is 160 Å². The average molecular weight is 378 g/mol. The average Bonchev–Trinajstić information content (AvgIpc) is 3.16. The van der Waals surface area contributed by atoms with Crippen molar-refractivity contribution in [2.24, 2.45) is 0 Å². The lowest BCUT2D eigenvalue weighted by Crippen LogP contribution is -2.41. The number of hydrogen-bond acceptors (Lipinski definition) is 5. The second-order valence-corrected chi connectivity index (χ2v) is 6.41. The van der Waals surface area contributed by atoms with Crippen LogP contribution < -0.4 is 0 Å². The highest BCUT2D eigenvalue weighted by Gasteiger charge is 2.24. The lowest BCUT2D eigenvalue weighted by Gasteiger charge is -2.27. The number of fused-ring (bicyclic) bond motifs is 1. The third kappa shape index (κ3) is 3.63. The minimum absolute atomic E-state index is 0.00180. The van der Waals surface area contributed by atoms with Gasteiger partial charge in [-0.15, -0.1) is 0 Å². The second kappa shape index (κ2) is 7.61. The summed E-state index contributed by atoms with van der Waals surface area (Å²) >= 11 is 0. The Morgan fingerprint density at radius 1 is 1.14 bits per heavy atom. The number of rotatable bonds is 4. The van der Waals surface area contributed by atoms with Crippen LogP contribution in [0.2, 0.25) is 0 Å². The third-order valence-electron chi connectivity index (χ3n) is 4.59. The largest absolute Gasteiger partial charge is 0.378 e. The summed E-state index contributed by atoms with van der Waals surface area (Å²) in [7, 11) is 0. The van der Waals surface area contributed by atoms with Crippen molar-refractivity contribution < 1.29 is 14.5 Å². The molecule has 1 N–H and O–H groups in total. The highest BCUT2D eigenvalue weighted by Crippen LogP contribution is 2.23. The molecule has 0 radical (unpaired) electrons. The molecule has 8 heteroatoms. The van der Waals surface area contributed by atoms with Gasteiger partial charge in [-0.2, -0.15) is 0 Å². The number of amides is 1. The van der Waals surface area contributed by atoms with Crippen molar-refractivity contribution in [2.45, 2.75) is 0 Å². The molecule has 8 nitrogen and oxygen atoms in total. The van der Waals surface area contributed by atoms with Gasteiger partial charge in [0.05, 0.1) is 34.7 Å². The number of aromatic nitrogens is 2. The number of carbonyl (C=O) groups excluding carboxylic acids is 1. The molecule has 0 saturated carbocycles. The summed E-state index contributed by atoms with van der Waals surface area (Å²) in [6.45, 7) is 2.01. The minimum atomic E-state index is -0.452. The minimum Gasteiger partial charge on any atom is -0.378 e. The van der Waals surface area contributed by atoms with E-state index in [9.17, 15) is 14.9 Å². The Hall–Kier alpha value is -3.52. The predicted octanol–water partition coefficient (Wildman–Crippen LogP) is 2.87. The molecule has 3 aromatic rings. The lowest BCUT2D eigenvalue weighted by molar-refractivity contribution is -0.384. The maximum absolute atomic E-state index is 13.2. The molecule has 0 bridgehead atoms. The molecule has 1 aromatic heterocycles. The first kappa shape index (κ1) is 17.9. The van der Waals surface area contributed by atoms with Gasteiger partial charge in [-0.05, 0) is 35.9 Å². The van der Waals surface area contributed by atoms with Crippen LogP contribution >= 0.6 is 0 Å². The fraction of sp³-hybridized carbons (Fsp3) is 0.200. The van der Waals surface area contributed by atoms with Gasteiger partial charge in [0.15, 0.2) is 0 Å². The van der Waals surface area contributed by atoms with Crippen LogP contribution in [0.4, 0.5) is 5.69 Å². The van der Waals surface area contributed by atoms with Crippen LogP contribution in [0.1, 0.15) is 11.4 Å². The molecule has 1 aliphatic rings. The van der Waals surface area contributed by atoms with Crippen LogP contribution in [0.25, 0.3) is 22.7 Å². The number of para-hydroxylation sites is 2. The quantitative estimate of drug-likeness (QED) is 0.427. The molecule has 1 aliphatic heterocycles. The molecule has 1 saturated heterocycles. The highest BCUT2D eigenvalue weighted by atomic mass is 16.6. The van der Waals surface area contributed by atoms with Crippen molar-refractivity contribution in [1.29, 1.82) is 0 Å². The lowest BCUT2D eigenvalue weighted by atomic mass is 10.1. The van der Waals surface area contributed by atoms with Crippen molar-refractivity contribution in [1.82, 2.24) is 14.9 Å². The van der Waals surface area contributed by atoms with Gasteiger partial charge in [-0.3, -0.25) is 14.9 Å². The molecule has 28 heavy (non-hydrogen) atoms. The topological polar surface area (TPSA) is 101 Å². The number of ether oxygens (including phenoxy) is 1. The van der Waals surface area contributed by atoms with Gasteiger partial charge in [0.1, 0.15) is 5.82 Å². The highest BCUT2D eigenvalue weighted by molar-refractivity contribution is 6.23. The summed E-state index contributed by atoms with van der Waals surface area (Å²) in [6.07, 6.45) is 1.71. The van der Waals surface area contributed by atoms with Crippen LogP contribution in [0.3, 0.4) is 0 Å². The van der Waals surface area contributed by atoms with Crippen molar-refractivity contribution in [2.75, 3.05) is 26.3 Å². The van der Waals surface area contributed by atoms with Gasteiger partial charge in [0.25, 0.3) is 11.6 Å². The van der Waals surface area contributed by atoms with E-state index in [4.69, 9.17) is 4.74 Å². The maximum atomic E-state index is 13.2. The number of benzene rings is 2. The van der Waals surface area contributed by atoms with Gasteiger partial charge in [0, 0.05) is 25.2 Å². The van der Waals surface area contributed by atoms with Crippen molar-refractivity contribution in [3.8, 4) is 0 Å². The fourth-order valence-electron chi connectivity index (χ4n) is 3.11. The molecule has 0 aliphatic carbocycles. The van der Waals surface area contributed by atoms with Crippen LogP contribution in [0.15, 0.2) is 48.5 Å². The number of nitro benzene ring substituents is 1. The summed E-state index contributed by atoms with van der Waals surface area (Å²) in [5, 5.41) is 10.9. The molecule has 2 aromatic carbocycles. The van der Waals surface area contributed by atoms with E-state index in [1.54, 1.807) is 23.1 Å². The Morgan fingerprint density at radius 2 is 1.86 bits per heavy atom. The van der Waals surface area contributed by atoms with Gasteiger partial charge < -0.3 is 14.6 Å². The van der Waals surface area contributed by atoms with E-state index in [0.717, 1.165) is 11.0 Å². The fourth-order valence-corrected chi connectivity index (χ4v) is 3.11. The van der Waals surface area contributed by atoms with Gasteiger partial charge >= 0.3 is 0 Å². The number of carbonyl (C=O) groups is 1. The molecule has 1 fully saturated rings. The number of nitro groups is 1. The number of H-pyrrole nitrogens is 1. The van der Waals surface area contributed by atoms with Crippen molar-refractivity contribution >= 4 is 34.3 Å². The first-order valence-corrected chi connectivity index (χ1v) is 8.90.